The van der Waals surface area contributed by atoms with E-state index in [-0.39, 0.29) is 10.8 Å². The van der Waals surface area contributed by atoms with E-state index >= 15 is 0 Å². The molecule has 0 aliphatic carbocycles. The fourth-order valence-corrected chi connectivity index (χ4v) is 3.96. The average molecular weight is 425 g/mol. The quantitative estimate of drug-likeness (QED) is 0.621. The van der Waals surface area contributed by atoms with Crippen molar-refractivity contribution >= 4 is 44.6 Å². The van der Waals surface area contributed by atoms with Crippen molar-refractivity contribution in [1.29, 1.82) is 0 Å². The third kappa shape index (κ3) is 4.48. The van der Waals surface area contributed by atoms with Crippen molar-refractivity contribution in [1.82, 2.24) is 5.32 Å². The summed E-state index contributed by atoms with van der Waals surface area (Å²) in [6.45, 7) is 0. The van der Waals surface area contributed by atoms with Crippen molar-refractivity contribution in [2.45, 2.75) is 4.90 Å². The number of nitrogens with zero attached hydrogens (tertiary/aromatic N) is 1. The van der Waals surface area contributed by atoms with Crippen molar-refractivity contribution in [3.05, 3.63) is 77.4 Å². The number of hydrogen-bond acceptors (Lipinski definition) is 6. The lowest BCUT2D eigenvalue weighted by molar-refractivity contribution is -0.115. The number of carbonyl (C=O) groups excluding carboxylic acids is 1. The topological polar surface area (TPSA) is 115 Å². The minimum atomic E-state index is -3.74. The van der Waals surface area contributed by atoms with Gasteiger partial charge in [0, 0.05) is 11.6 Å². The van der Waals surface area contributed by atoms with Crippen LogP contribution < -0.4 is 10.5 Å². The number of amidine groups is 1. The molecule has 1 saturated heterocycles. The molecular formula is C20H15N3O4S2. The molecule has 7 nitrogen and oxygen atoms in total. The Morgan fingerprint density at radius 1 is 1.00 bits per heavy atom. The average Bonchev–Trinajstić information content (AvgIpc) is 3.29. The Hall–Kier alpha value is -3.14. The number of furan rings is 1. The largest absolute Gasteiger partial charge is 0.457 e. The van der Waals surface area contributed by atoms with E-state index in [1.54, 1.807) is 30.3 Å². The molecule has 0 bridgehead atoms. The van der Waals surface area contributed by atoms with Crippen LogP contribution in [0.3, 0.4) is 0 Å². The first-order valence-electron chi connectivity index (χ1n) is 8.46. The summed E-state index contributed by atoms with van der Waals surface area (Å²) >= 11 is 1.23. The Bertz CT molecular complexity index is 1230. The highest BCUT2D eigenvalue weighted by atomic mass is 32.2. The Labute approximate surface area is 171 Å². The zero-order valence-corrected chi connectivity index (χ0v) is 16.5. The van der Waals surface area contributed by atoms with Crippen molar-refractivity contribution in [2.24, 2.45) is 10.1 Å². The lowest BCUT2D eigenvalue weighted by atomic mass is 10.2. The molecule has 0 spiro atoms. The summed E-state index contributed by atoms with van der Waals surface area (Å²) in [6.07, 6.45) is 1.63. The fourth-order valence-electron chi connectivity index (χ4n) is 2.62. The van der Waals surface area contributed by atoms with E-state index in [1.807, 2.05) is 30.3 Å². The van der Waals surface area contributed by atoms with Gasteiger partial charge in [-0.25, -0.2) is 18.5 Å². The molecule has 0 unspecified atom stereocenters. The van der Waals surface area contributed by atoms with Gasteiger partial charge in [0.15, 0.2) is 5.17 Å². The molecule has 2 aromatic carbocycles. The second-order valence-electron chi connectivity index (χ2n) is 6.09. The zero-order chi connectivity index (χ0) is 20.4. The first-order chi connectivity index (χ1) is 13.9. The molecule has 1 aliphatic heterocycles. The van der Waals surface area contributed by atoms with E-state index in [0.717, 1.165) is 5.69 Å². The molecule has 1 aliphatic rings. The molecule has 4 rings (SSSR count). The van der Waals surface area contributed by atoms with Crippen LogP contribution in [0.2, 0.25) is 0 Å². The van der Waals surface area contributed by atoms with Crippen molar-refractivity contribution in [3.8, 4) is 11.3 Å². The molecule has 3 N–H and O–H groups in total. The number of benzene rings is 2. The summed E-state index contributed by atoms with van der Waals surface area (Å²) in [4.78, 5) is 17.1. The molecule has 2 heterocycles. The number of aliphatic imine (C=N–C) groups is 1. The number of primary sulfonamides is 1. The van der Waals surface area contributed by atoms with Crippen LogP contribution in [0.5, 0.6) is 0 Å². The second-order valence-corrected chi connectivity index (χ2v) is 8.68. The zero-order valence-electron chi connectivity index (χ0n) is 14.9. The summed E-state index contributed by atoms with van der Waals surface area (Å²) < 4.78 is 28.5. The molecule has 9 heteroatoms. The Morgan fingerprint density at radius 3 is 2.41 bits per heavy atom. The van der Waals surface area contributed by atoms with Crippen molar-refractivity contribution in [2.75, 3.05) is 0 Å². The lowest BCUT2D eigenvalue weighted by Gasteiger charge is -2.00. The fraction of sp³-hybridized carbons (Fsp3) is 0. The number of para-hydroxylation sites is 1. The van der Waals surface area contributed by atoms with Crippen molar-refractivity contribution < 1.29 is 17.6 Å². The molecule has 1 aromatic heterocycles. The highest BCUT2D eigenvalue weighted by Crippen LogP contribution is 2.30. The van der Waals surface area contributed by atoms with Crippen LogP contribution in [-0.2, 0) is 14.8 Å². The number of hydrogen-bond donors (Lipinski definition) is 2. The molecule has 29 heavy (non-hydrogen) atoms. The maximum atomic E-state index is 12.2. The highest BCUT2D eigenvalue weighted by Gasteiger charge is 2.24. The summed E-state index contributed by atoms with van der Waals surface area (Å²) in [5, 5.41) is 8.33. The minimum Gasteiger partial charge on any atom is -0.457 e. The lowest BCUT2D eigenvalue weighted by Crippen LogP contribution is -2.19. The van der Waals surface area contributed by atoms with Crippen LogP contribution in [0.25, 0.3) is 17.4 Å². The number of nitrogens with two attached hydrogens (primary N) is 1. The molecule has 1 fully saturated rings. The van der Waals surface area contributed by atoms with E-state index in [9.17, 15) is 13.2 Å². The first kappa shape index (κ1) is 19.2. The van der Waals surface area contributed by atoms with Gasteiger partial charge in [0.05, 0.1) is 15.5 Å². The molecule has 0 radical (unpaired) electrons. The Kier molecular flexibility index (Phi) is 5.10. The van der Waals surface area contributed by atoms with Gasteiger partial charge in [-0.05, 0) is 60.3 Å². The molecule has 146 valence electrons. The van der Waals surface area contributed by atoms with Crippen LogP contribution in [-0.4, -0.2) is 19.5 Å². The number of thioether (sulfide) groups is 1. The number of nitrogens with one attached hydrogen (secondary N) is 1. The van der Waals surface area contributed by atoms with Gasteiger partial charge in [-0.2, -0.15) is 0 Å². The number of rotatable bonds is 4. The monoisotopic (exact) mass is 425 g/mol. The number of sulfonamides is 1. The summed E-state index contributed by atoms with van der Waals surface area (Å²) in [5.74, 6) is 0.786. The minimum absolute atomic E-state index is 0.0272. The van der Waals surface area contributed by atoms with E-state index in [1.165, 1.54) is 23.9 Å². The first-order valence-corrected chi connectivity index (χ1v) is 10.8. The van der Waals surface area contributed by atoms with Gasteiger partial charge < -0.3 is 9.73 Å². The molecule has 1 amide bonds. The standard InChI is InChI=1S/C20H15N3O4S2/c21-29(25,26)16-9-6-13(7-10-16)17-11-8-15(27-17)12-18-19(24)23-20(28-18)22-14-4-2-1-3-5-14/h1-12H,(H2,21,25,26)(H,22,23,24)/b18-12-. The highest BCUT2D eigenvalue weighted by molar-refractivity contribution is 8.18. The second kappa shape index (κ2) is 7.70. The molecule has 0 saturated carbocycles. The Morgan fingerprint density at radius 2 is 1.72 bits per heavy atom. The van der Waals surface area contributed by atoms with Crippen molar-refractivity contribution in [3.63, 3.8) is 0 Å². The SMILES string of the molecule is NS(=O)(=O)c1ccc(-c2ccc(/C=C3\SC(=Nc4ccccc4)NC3=O)o2)cc1. The van der Waals surface area contributed by atoms with E-state index in [0.29, 0.717) is 27.2 Å². The van der Waals surface area contributed by atoms with Crippen LogP contribution in [0.4, 0.5) is 5.69 Å². The summed E-state index contributed by atoms with van der Waals surface area (Å²) in [5.41, 5.74) is 1.44. The van der Waals surface area contributed by atoms with Crippen LogP contribution >= 0.6 is 11.8 Å². The van der Waals surface area contributed by atoms with Crippen LogP contribution in [0, 0.1) is 0 Å². The Balaban J connectivity index is 1.53. The van der Waals surface area contributed by atoms with Crippen LogP contribution in [0.15, 0.2) is 85.9 Å². The van der Waals surface area contributed by atoms with Gasteiger partial charge in [0.25, 0.3) is 5.91 Å². The smallest absolute Gasteiger partial charge is 0.264 e. The summed E-state index contributed by atoms with van der Waals surface area (Å²) in [7, 11) is -3.74. The third-order valence-corrected chi connectivity index (χ3v) is 5.84. The van der Waals surface area contributed by atoms with E-state index in [4.69, 9.17) is 9.56 Å². The van der Waals surface area contributed by atoms with Gasteiger partial charge in [-0.15, -0.1) is 0 Å². The van der Waals surface area contributed by atoms with Gasteiger partial charge in [-0.3, -0.25) is 4.79 Å². The van der Waals surface area contributed by atoms with Gasteiger partial charge in [-0.1, -0.05) is 18.2 Å². The molecular weight excluding hydrogens is 410 g/mol. The van der Waals surface area contributed by atoms with E-state index < -0.39 is 10.0 Å². The van der Waals surface area contributed by atoms with Gasteiger partial charge >= 0.3 is 0 Å². The predicted octanol–water partition coefficient (Wildman–Crippen LogP) is 3.49. The van der Waals surface area contributed by atoms with Gasteiger partial charge in [0.2, 0.25) is 10.0 Å². The molecule has 3 aromatic rings. The summed E-state index contributed by atoms with van der Waals surface area (Å²) in [6, 6.07) is 18.9. The van der Waals surface area contributed by atoms with E-state index in [2.05, 4.69) is 10.3 Å². The normalized spacial score (nSPS) is 17.1. The number of amides is 1. The molecule has 0 atom stereocenters. The van der Waals surface area contributed by atoms with Gasteiger partial charge in [0.1, 0.15) is 11.5 Å². The third-order valence-electron chi connectivity index (χ3n) is 4.01. The predicted molar refractivity (Wildman–Crippen MR) is 113 cm³/mol. The number of carbonyl (C=O) groups is 1. The van der Waals surface area contributed by atoms with Crippen LogP contribution in [0.1, 0.15) is 5.76 Å². The maximum Gasteiger partial charge on any atom is 0.264 e. The maximum absolute atomic E-state index is 12.2.